The second-order valence-electron chi connectivity index (χ2n) is 5.28. The maximum Gasteiger partial charge on any atom is 0.244 e. The first-order chi connectivity index (χ1) is 9.70. The molecule has 0 saturated carbocycles. The molecule has 0 saturated heterocycles. The smallest absolute Gasteiger partial charge is 0.244 e. The van der Waals surface area contributed by atoms with Crippen molar-refractivity contribution in [3.8, 4) is 6.07 Å². The first-order valence-electron chi connectivity index (χ1n) is 6.61. The van der Waals surface area contributed by atoms with Crippen LogP contribution in [-0.4, -0.2) is 32.4 Å². The van der Waals surface area contributed by atoms with Gasteiger partial charge in [0.05, 0.1) is 5.56 Å². The predicted molar refractivity (Wildman–Crippen MR) is 83.4 cm³/mol. The summed E-state index contributed by atoms with van der Waals surface area (Å²) in [5.74, 6) is 0.280. The zero-order valence-electron chi connectivity index (χ0n) is 12.4. The van der Waals surface area contributed by atoms with Crippen molar-refractivity contribution < 1.29 is 8.42 Å². The van der Waals surface area contributed by atoms with Crippen molar-refractivity contribution in [2.75, 3.05) is 13.6 Å². The van der Waals surface area contributed by atoms with E-state index in [0.29, 0.717) is 13.0 Å². The molecule has 116 valence electrons. The third kappa shape index (κ3) is 4.42. The molecular weight excluding hydrogens is 310 g/mol. The van der Waals surface area contributed by atoms with E-state index in [0.717, 1.165) is 0 Å². The molecule has 0 amide bonds. The van der Waals surface area contributed by atoms with Crippen LogP contribution in [0.25, 0.3) is 0 Å². The van der Waals surface area contributed by atoms with Crippen molar-refractivity contribution in [1.29, 1.82) is 5.26 Å². The number of hydrogen-bond acceptors (Lipinski definition) is 4. The molecule has 0 aliphatic rings. The van der Waals surface area contributed by atoms with E-state index in [1.807, 2.05) is 19.9 Å². The zero-order chi connectivity index (χ0) is 16.2. The second kappa shape index (κ2) is 7.23. The molecule has 0 spiro atoms. The average Bonchev–Trinajstić information content (AvgIpc) is 2.43. The second-order valence-corrected chi connectivity index (χ2v) is 7.73. The Morgan fingerprint density at radius 3 is 2.57 bits per heavy atom. The minimum absolute atomic E-state index is 0.0712. The molecule has 21 heavy (non-hydrogen) atoms. The lowest BCUT2D eigenvalue weighted by atomic mass is 10.0. The summed E-state index contributed by atoms with van der Waals surface area (Å²) in [6, 6.07) is 6.01. The predicted octanol–water partition coefficient (Wildman–Crippen LogP) is 2.21. The van der Waals surface area contributed by atoms with Gasteiger partial charge in [0.2, 0.25) is 10.0 Å². The number of nitriles is 1. The van der Waals surface area contributed by atoms with E-state index < -0.39 is 10.0 Å². The minimum Gasteiger partial charge on any atom is -0.327 e. The lowest BCUT2D eigenvalue weighted by molar-refractivity contribution is 0.397. The van der Waals surface area contributed by atoms with Crippen LogP contribution in [0, 0.1) is 17.2 Å². The van der Waals surface area contributed by atoms with Crippen LogP contribution >= 0.6 is 11.6 Å². The Morgan fingerprint density at radius 1 is 1.43 bits per heavy atom. The monoisotopic (exact) mass is 329 g/mol. The van der Waals surface area contributed by atoms with Crippen molar-refractivity contribution in [3.63, 3.8) is 0 Å². The summed E-state index contributed by atoms with van der Waals surface area (Å²) in [5, 5.41) is 9.33. The minimum atomic E-state index is -3.75. The summed E-state index contributed by atoms with van der Waals surface area (Å²) in [6.45, 7) is 4.27. The fourth-order valence-electron chi connectivity index (χ4n) is 1.75. The molecule has 0 radical (unpaired) electrons. The van der Waals surface area contributed by atoms with Crippen molar-refractivity contribution >= 4 is 21.6 Å². The van der Waals surface area contributed by atoms with Gasteiger partial charge in [-0.3, -0.25) is 0 Å². The van der Waals surface area contributed by atoms with Crippen LogP contribution in [0.2, 0.25) is 5.02 Å². The molecule has 0 heterocycles. The van der Waals surface area contributed by atoms with E-state index in [2.05, 4.69) is 0 Å². The summed E-state index contributed by atoms with van der Waals surface area (Å²) >= 11 is 5.84. The van der Waals surface area contributed by atoms with Crippen LogP contribution in [0.5, 0.6) is 0 Å². The highest BCUT2D eigenvalue weighted by molar-refractivity contribution is 7.89. The number of hydrogen-bond donors (Lipinski definition) is 1. The van der Waals surface area contributed by atoms with Crippen LogP contribution in [0.1, 0.15) is 25.8 Å². The Bertz CT molecular complexity index is 638. The van der Waals surface area contributed by atoms with E-state index in [1.54, 1.807) is 0 Å². The molecule has 0 fully saturated rings. The van der Waals surface area contributed by atoms with Crippen LogP contribution < -0.4 is 5.73 Å². The van der Waals surface area contributed by atoms with Gasteiger partial charge in [0.1, 0.15) is 11.0 Å². The van der Waals surface area contributed by atoms with Crippen LogP contribution in [0.4, 0.5) is 0 Å². The summed E-state index contributed by atoms with van der Waals surface area (Å²) < 4.78 is 26.3. The summed E-state index contributed by atoms with van der Waals surface area (Å²) in [5.41, 5.74) is 6.01. The van der Waals surface area contributed by atoms with E-state index in [9.17, 15) is 8.42 Å². The van der Waals surface area contributed by atoms with Gasteiger partial charge < -0.3 is 5.73 Å². The van der Waals surface area contributed by atoms with E-state index in [4.69, 9.17) is 22.6 Å². The molecular formula is C14H20ClN3O2S. The molecule has 1 atom stereocenters. The Morgan fingerprint density at radius 2 is 2.05 bits per heavy atom. The molecule has 7 heteroatoms. The first kappa shape index (κ1) is 17.9. The van der Waals surface area contributed by atoms with Gasteiger partial charge >= 0.3 is 0 Å². The SMILES string of the molecule is CC(C)C(N)CCN(C)S(=O)(=O)c1cc(Cl)ccc1C#N. The average molecular weight is 330 g/mol. The van der Waals surface area contributed by atoms with Crippen LogP contribution in [0.15, 0.2) is 23.1 Å². The molecule has 0 aliphatic heterocycles. The largest absolute Gasteiger partial charge is 0.327 e. The van der Waals surface area contributed by atoms with E-state index >= 15 is 0 Å². The van der Waals surface area contributed by atoms with Gasteiger partial charge in [0, 0.05) is 24.7 Å². The first-order valence-corrected chi connectivity index (χ1v) is 8.43. The van der Waals surface area contributed by atoms with Gasteiger partial charge in [-0.2, -0.15) is 5.26 Å². The number of rotatable bonds is 6. The lowest BCUT2D eigenvalue weighted by Gasteiger charge is -2.21. The Balaban J connectivity index is 3.01. The van der Waals surface area contributed by atoms with Crippen molar-refractivity contribution in [3.05, 3.63) is 28.8 Å². The standard InChI is InChI=1S/C14H20ClN3O2S/c1-10(2)13(17)6-7-18(3)21(19,20)14-8-12(15)5-4-11(14)9-16/h4-5,8,10,13H,6-7,17H2,1-3H3. The number of sulfonamides is 1. The van der Waals surface area contributed by atoms with Crippen molar-refractivity contribution in [2.45, 2.75) is 31.2 Å². The summed E-state index contributed by atoms with van der Waals surface area (Å²) in [6.07, 6.45) is 0.551. The van der Waals surface area contributed by atoms with Gasteiger partial charge in [0.15, 0.2) is 0 Å². The van der Waals surface area contributed by atoms with Gasteiger partial charge in [-0.25, -0.2) is 12.7 Å². The molecule has 1 rings (SSSR count). The molecule has 1 aromatic rings. The molecule has 0 aliphatic carbocycles. The summed E-state index contributed by atoms with van der Waals surface area (Å²) in [4.78, 5) is -0.0712. The van der Waals surface area contributed by atoms with Gasteiger partial charge in [-0.15, -0.1) is 0 Å². The van der Waals surface area contributed by atoms with E-state index in [-0.39, 0.29) is 27.4 Å². The third-order valence-corrected chi connectivity index (χ3v) is 5.52. The highest BCUT2D eigenvalue weighted by Gasteiger charge is 2.25. The maximum atomic E-state index is 12.5. The van der Waals surface area contributed by atoms with Crippen LogP contribution in [-0.2, 0) is 10.0 Å². The molecule has 0 aromatic heterocycles. The fourth-order valence-corrected chi connectivity index (χ4v) is 3.34. The zero-order valence-corrected chi connectivity index (χ0v) is 13.9. The number of nitrogens with zero attached hydrogens (tertiary/aromatic N) is 2. The number of benzene rings is 1. The maximum absolute atomic E-state index is 12.5. The molecule has 1 unspecified atom stereocenters. The Labute approximate surface area is 131 Å². The van der Waals surface area contributed by atoms with Gasteiger partial charge in [-0.05, 0) is 30.5 Å². The Hall–Kier alpha value is -1.13. The number of halogens is 1. The normalized spacial score (nSPS) is 13.4. The Kier molecular flexibility index (Phi) is 6.17. The topological polar surface area (TPSA) is 87.2 Å². The quantitative estimate of drug-likeness (QED) is 0.866. The van der Waals surface area contributed by atoms with Crippen LogP contribution in [0.3, 0.4) is 0 Å². The summed E-state index contributed by atoms with van der Waals surface area (Å²) in [7, 11) is -2.28. The highest BCUT2D eigenvalue weighted by atomic mass is 35.5. The molecule has 0 bridgehead atoms. The molecule has 2 N–H and O–H groups in total. The number of nitrogens with two attached hydrogens (primary N) is 1. The third-order valence-electron chi connectivity index (χ3n) is 3.39. The van der Waals surface area contributed by atoms with Crippen molar-refractivity contribution in [1.82, 2.24) is 4.31 Å². The lowest BCUT2D eigenvalue weighted by Crippen LogP contribution is -2.34. The van der Waals surface area contributed by atoms with Crippen molar-refractivity contribution in [2.24, 2.45) is 11.7 Å². The van der Waals surface area contributed by atoms with Gasteiger partial charge in [-0.1, -0.05) is 25.4 Å². The van der Waals surface area contributed by atoms with Gasteiger partial charge in [0.25, 0.3) is 0 Å². The molecule has 1 aromatic carbocycles. The molecule has 5 nitrogen and oxygen atoms in total. The highest BCUT2D eigenvalue weighted by Crippen LogP contribution is 2.23. The fraction of sp³-hybridized carbons (Fsp3) is 0.500. The van der Waals surface area contributed by atoms with E-state index in [1.165, 1.54) is 29.6 Å².